The number of carbonyl (C=O) groups excluding carboxylic acids is 1. The Balaban J connectivity index is 1.92. The number of aromatic nitrogens is 3. The second-order valence-corrected chi connectivity index (χ2v) is 6.47. The molecule has 0 bridgehead atoms. The summed E-state index contributed by atoms with van der Waals surface area (Å²) in [6, 6.07) is 3.50. The fraction of sp³-hybridized carbons (Fsp3) is 0.143. The second kappa shape index (κ2) is 5.71. The Labute approximate surface area is 129 Å². The number of thiazole rings is 2. The smallest absolute Gasteiger partial charge is 0.259 e. The van der Waals surface area contributed by atoms with E-state index in [4.69, 9.17) is 0 Å². The van der Waals surface area contributed by atoms with Crippen LogP contribution in [0.5, 0.6) is 0 Å². The first-order valence-corrected chi connectivity index (χ1v) is 7.94. The van der Waals surface area contributed by atoms with Gasteiger partial charge in [0.25, 0.3) is 5.91 Å². The molecule has 0 fully saturated rings. The molecule has 0 saturated heterocycles. The van der Waals surface area contributed by atoms with E-state index in [9.17, 15) is 4.79 Å². The van der Waals surface area contributed by atoms with Crippen molar-refractivity contribution in [2.24, 2.45) is 0 Å². The third-order valence-electron chi connectivity index (χ3n) is 2.97. The minimum absolute atomic E-state index is 0.208. The summed E-state index contributed by atoms with van der Waals surface area (Å²) in [5.41, 5.74) is 3.82. The molecule has 0 saturated carbocycles. The minimum atomic E-state index is -0.208. The summed E-state index contributed by atoms with van der Waals surface area (Å²) < 4.78 is 0. The van der Waals surface area contributed by atoms with Crippen molar-refractivity contribution < 1.29 is 4.79 Å². The zero-order valence-electron chi connectivity index (χ0n) is 11.5. The van der Waals surface area contributed by atoms with E-state index >= 15 is 0 Å². The Kier molecular flexibility index (Phi) is 3.76. The van der Waals surface area contributed by atoms with Gasteiger partial charge in [-0.05, 0) is 26.0 Å². The zero-order valence-corrected chi connectivity index (χ0v) is 13.1. The van der Waals surface area contributed by atoms with Crippen molar-refractivity contribution in [2.45, 2.75) is 13.8 Å². The van der Waals surface area contributed by atoms with E-state index in [0.29, 0.717) is 16.4 Å². The lowest BCUT2D eigenvalue weighted by Crippen LogP contribution is -2.13. The van der Waals surface area contributed by atoms with Crippen LogP contribution in [0.25, 0.3) is 10.6 Å². The van der Waals surface area contributed by atoms with Gasteiger partial charge in [-0.1, -0.05) is 0 Å². The van der Waals surface area contributed by atoms with Crippen LogP contribution >= 0.6 is 22.7 Å². The molecule has 3 heterocycles. The normalized spacial score (nSPS) is 10.6. The number of anilines is 1. The van der Waals surface area contributed by atoms with E-state index in [1.807, 2.05) is 13.8 Å². The molecule has 0 atom stereocenters. The average molecular weight is 316 g/mol. The molecule has 21 heavy (non-hydrogen) atoms. The van der Waals surface area contributed by atoms with Crippen molar-refractivity contribution in [3.05, 3.63) is 46.2 Å². The zero-order chi connectivity index (χ0) is 14.8. The van der Waals surface area contributed by atoms with Gasteiger partial charge in [-0.25, -0.2) is 4.98 Å². The molecule has 106 valence electrons. The van der Waals surface area contributed by atoms with Gasteiger partial charge in [-0.2, -0.15) is 0 Å². The van der Waals surface area contributed by atoms with E-state index in [-0.39, 0.29) is 5.91 Å². The molecule has 7 heteroatoms. The van der Waals surface area contributed by atoms with Gasteiger partial charge in [-0.15, -0.1) is 22.7 Å². The van der Waals surface area contributed by atoms with E-state index in [2.05, 4.69) is 20.3 Å². The number of hydrogen-bond donors (Lipinski definition) is 1. The third-order valence-corrected chi connectivity index (χ3v) is 4.74. The monoisotopic (exact) mass is 316 g/mol. The number of pyridine rings is 1. The Morgan fingerprint density at radius 3 is 2.86 bits per heavy atom. The van der Waals surface area contributed by atoms with Crippen molar-refractivity contribution in [3.8, 4) is 10.6 Å². The van der Waals surface area contributed by atoms with Crippen LogP contribution in [0.15, 0.2) is 30.0 Å². The molecule has 0 unspecified atom stereocenters. The lowest BCUT2D eigenvalue weighted by molar-refractivity contribution is 0.102. The van der Waals surface area contributed by atoms with Crippen LogP contribution in [0.2, 0.25) is 0 Å². The topological polar surface area (TPSA) is 67.8 Å². The van der Waals surface area contributed by atoms with Crippen LogP contribution in [-0.2, 0) is 0 Å². The molecule has 3 rings (SSSR count). The number of nitrogens with zero attached hydrogens (tertiary/aromatic N) is 3. The van der Waals surface area contributed by atoms with Crippen molar-refractivity contribution in [1.29, 1.82) is 0 Å². The highest BCUT2D eigenvalue weighted by Crippen LogP contribution is 2.26. The Morgan fingerprint density at radius 1 is 1.33 bits per heavy atom. The highest BCUT2D eigenvalue weighted by atomic mass is 32.1. The highest BCUT2D eigenvalue weighted by molar-refractivity contribution is 7.15. The SMILES string of the molecule is Cc1nc(NC(=O)c2cccnc2-c2cncs2)sc1C. The van der Waals surface area contributed by atoms with Gasteiger partial charge in [0.1, 0.15) is 0 Å². The maximum Gasteiger partial charge on any atom is 0.259 e. The van der Waals surface area contributed by atoms with Gasteiger partial charge >= 0.3 is 0 Å². The Bertz CT molecular complexity index is 761. The predicted molar refractivity (Wildman–Crippen MR) is 84.9 cm³/mol. The third kappa shape index (κ3) is 2.84. The summed E-state index contributed by atoms with van der Waals surface area (Å²) in [7, 11) is 0. The van der Waals surface area contributed by atoms with E-state index in [1.165, 1.54) is 22.7 Å². The first kappa shape index (κ1) is 13.8. The van der Waals surface area contributed by atoms with Gasteiger partial charge in [0.2, 0.25) is 0 Å². The van der Waals surface area contributed by atoms with Crippen LogP contribution in [0.4, 0.5) is 5.13 Å². The molecule has 0 aromatic carbocycles. The summed E-state index contributed by atoms with van der Waals surface area (Å²) >= 11 is 2.92. The van der Waals surface area contributed by atoms with Crippen molar-refractivity contribution in [1.82, 2.24) is 15.0 Å². The van der Waals surface area contributed by atoms with Gasteiger partial charge < -0.3 is 0 Å². The summed E-state index contributed by atoms with van der Waals surface area (Å²) in [6.45, 7) is 3.91. The second-order valence-electron chi connectivity index (χ2n) is 4.38. The molecular formula is C14H12N4OS2. The fourth-order valence-electron chi connectivity index (χ4n) is 1.81. The number of nitrogens with one attached hydrogen (secondary N) is 1. The van der Waals surface area contributed by atoms with Gasteiger partial charge in [0, 0.05) is 17.3 Å². The number of rotatable bonds is 3. The predicted octanol–water partition coefficient (Wildman–Crippen LogP) is 3.53. The van der Waals surface area contributed by atoms with E-state index < -0.39 is 0 Å². The summed E-state index contributed by atoms with van der Waals surface area (Å²) in [6.07, 6.45) is 3.38. The van der Waals surface area contributed by atoms with Crippen LogP contribution in [-0.4, -0.2) is 20.9 Å². The lowest BCUT2D eigenvalue weighted by atomic mass is 10.1. The molecule has 0 radical (unpaired) electrons. The average Bonchev–Trinajstić information content (AvgIpc) is 3.10. The van der Waals surface area contributed by atoms with Gasteiger partial charge in [-0.3, -0.25) is 20.1 Å². The number of aryl methyl sites for hydroxylation is 2. The summed E-state index contributed by atoms with van der Waals surface area (Å²) in [5, 5.41) is 3.44. The summed E-state index contributed by atoms with van der Waals surface area (Å²) in [5.74, 6) is -0.208. The van der Waals surface area contributed by atoms with Crippen molar-refractivity contribution >= 4 is 33.7 Å². The molecule has 0 aliphatic rings. The van der Waals surface area contributed by atoms with Crippen LogP contribution in [0.1, 0.15) is 20.9 Å². The molecule has 0 spiro atoms. The molecule has 0 aliphatic carbocycles. The van der Waals surface area contributed by atoms with E-state index in [0.717, 1.165) is 15.4 Å². The molecule has 3 aromatic rings. The Morgan fingerprint density at radius 2 is 2.19 bits per heavy atom. The van der Waals surface area contributed by atoms with Gasteiger partial charge in [0.15, 0.2) is 5.13 Å². The maximum absolute atomic E-state index is 12.5. The fourth-order valence-corrected chi connectivity index (χ4v) is 3.25. The molecule has 3 aromatic heterocycles. The number of amides is 1. The molecule has 5 nitrogen and oxygen atoms in total. The Hall–Kier alpha value is -2.12. The highest BCUT2D eigenvalue weighted by Gasteiger charge is 2.16. The van der Waals surface area contributed by atoms with Crippen molar-refractivity contribution in [3.63, 3.8) is 0 Å². The van der Waals surface area contributed by atoms with Crippen molar-refractivity contribution in [2.75, 3.05) is 5.32 Å². The molecule has 1 N–H and O–H groups in total. The standard InChI is InChI=1S/C14H12N4OS2/c1-8-9(2)21-14(17-8)18-13(19)10-4-3-5-16-12(10)11-6-15-7-20-11/h3-7H,1-2H3,(H,17,18,19). The van der Waals surface area contributed by atoms with Crippen LogP contribution in [0.3, 0.4) is 0 Å². The van der Waals surface area contributed by atoms with E-state index in [1.54, 1.807) is 30.0 Å². The van der Waals surface area contributed by atoms with Crippen LogP contribution in [0, 0.1) is 13.8 Å². The molecular weight excluding hydrogens is 304 g/mol. The van der Waals surface area contributed by atoms with Gasteiger partial charge in [0.05, 0.1) is 27.3 Å². The number of hydrogen-bond acceptors (Lipinski definition) is 6. The van der Waals surface area contributed by atoms with Crippen LogP contribution < -0.4 is 5.32 Å². The summed E-state index contributed by atoms with van der Waals surface area (Å²) in [4.78, 5) is 27.1. The number of carbonyl (C=O) groups is 1. The maximum atomic E-state index is 12.5. The first-order valence-electron chi connectivity index (χ1n) is 6.24. The first-order chi connectivity index (χ1) is 10.1. The lowest BCUT2D eigenvalue weighted by Gasteiger charge is -2.05. The molecule has 1 amide bonds. The molecule has 0 aliphatic heterocycles. The minimum Gasteiger partial charge on any atom is -0.298 e. The largest absolute Gasteiger partial charge is 0.298 e. The quantitative estimate of drug-likeness (QED) is 0.802.